The van der Waals surface area contributed by atoms with Crippen LogP contribution in [0.5, 0.6) is 0 Å². The molecule has 0 bridgehead atoms. The summed E-state index contributed by atoms with van der Waals surface area (Å²) in [6.45, 7) is 6.57. The molecule has 11 heavy (non-hydrogen) atoms. The van der Waals surface area contributed by atoms with E-state index < -0.39 is 0 Å². The van der Waals surface area contributed by atoms with Gasteiger partial charge in [-0.1, -0.05) is 41.8 Å². The van der Waals surface area contributed by atoms with Gasteiger partial charge in [-0.25, -0.2) is 0 Å². The van der Waals surface area contributed by atoms with Gasteiger partial charge in [0.15, 0.2) is 0 Å². The van der Waals surface area contributed by atoms with Crippen molar-refractivity contribution in [3.05, 3.63) is 11.1 Å². The zero-order valence-corrected chi connectivity index (χ0v) is 8.45. The predicted octanol–water partition coefficient (Wildman–Crippen LogP) is 2.29. The predicted molar refractivity (Wildman–Crippen MR) is 53.6 cm³/mol. The fourth-order valence-electron chi connectivity index (χ4n) is 0.767. The van der Waals surface area contributed by atoms with Gasteiger partial charge in [0.05, 0.1) is 6.04 Å². The van der Waals surface area contributed by atoms with E-state index in [1.165, 1.54) is 0 Å². The summed E-state index contributed by atoms with van der Waals surface area (Å²) >= 11 is 3.26. The Labute approximate surface area is 77.4 Å². The fourth-order valence-corrected chi connectivity index (χ4v) is 0.929. The topological polar surface area (TPSA) is 12.0 Å². The number of hydrogen-bond donors (Lipinski definition) is 1. The Morgan fingerprint density at radius 1 is 1.82 bits per heavy atom. The molecule has 1 N–H and O–H groups in total. The maximum atomic E-state index is 5.29. The van der Waals surface area contributed by atoms with E-state index in [0.29, 0.717) is 0 Å². The molecule has 0 aliphatic carbocycles. The third-order valence-corrected chi connectivity index (χ3v) is 1.60. The van der Waals surface area contributed by atoms with Crippen LogP contribution in [0.25, 0.3) is 0 Å². The zero-order valence-electron chi connectivity index (χ0n) is 6.86. The SMILES string of the molecule is C#CC(CCC)NCC(=C)Br. The lowest BCUT2D eigenvalue weighted by molar-refractivity contribution is 0.594. The van der Waals surface area contributed by atoms with Gasteiger partial charge in [0.2, 0.25) is 0 Å². The largest absolute Gasteiger partial charge is 0.299 e. The van der Waals surface area contributed by atoms with Crippen molar-refractivity contribution in [1.82, 2.24) is 5.32 Å². The Morgan fingerprint density at radius 2 is 2.45 bits per heavy atom. The van der Waals surface area contributed by atoms with E-state index in [1.807, 2.05) is 0 Å². The van der Waals surface area contributed by atoms with Crippen molar-refractivity contribution >= 4 is 15.9 Å². The Balaban J connectivity index is 3.54. The molecule has 0 radical (unpaired) electrons. The summed E-state index contributed by atoms with van der Waals surface area (Å²) in [5.41, 5.74) is 0. The summed E-state index contributed by atoms with van der Waals surface area (Å²) in [7, 11) is 0. The van der Waals surface area contributed by atoms with Gasteiger partial charge in [-0.3, -0.25) is 5.32 Å². The third kappa shape index (κ3) is 6.15. The second kappa shape index (κ2) is 6.45. The first-order valence-electron chi connectivity index (χ1n) is 3.73. The molecule has 62 valence electrons. The van der Waals surface area contributed by atoms with Crippen LogP contribution >= 0.6 is 15.9 Å². The highest BCUT2D eigenvalue weighted by Gasteiger charge is 2.00. The molecule has 0 amide bonds. The molecule has 1 atom stereocenters. The Hall–Kier alpha value is -0.260. The highest BCUT2D eigenvalue weighted by molar-refractivity contribution is 9.11. The van der Waals surface area contributed by atoms with Crippen molar-refractivity contribution in [2.45, 2.75) is 25.8 Å². The van der Waals surface area contributed by atoms with Crippen LogP contribution in [0.1, 0.15) is 19.8 Å². The van der Waals surface area contributed by atoms with Crippen molar-refractivity contribution in [2.24, 2.45) is 0 Å². The van der Waals surface area contributed by atoms with Crippen molar-refractivity contribution in [2.75, 3.05) is 6.54 Å². The van der Waals surface area contributed by atoms with E-state index in [-0.39, 0.29) is 6.04 Å². The molecule has 0 saturated heterocycles. The molecule has 2 heteroatoms. The van der Waals surface area contributed by atoms with Gasteiger partial charge < -0.3 is 0 Å². The van der Waals surface area contributed by atoms with Gasteiger partial charge in [0.1, 0.15) is 0 Å². The molecule has 0 rings (SSSR count). The molecule has 1 unspecified atom stereocenters. The van der Waals surface area contributed by atoms with Crippen LogP contribution in [-0.4, -0.2) is 12.6 Å². The normalized spacial score (nSPS) is 12.1. The second-order valence-electron chi connectivity index (χ2n) is 2.41. The van der Waals surface area contributed by atoms with Crippen LogP contribution in [0.3, 0.4) is 0 Å². The zero-order chi connectivity index (χ0) is 8.69. The minimum absolute atomic E-state index is 0.189. The van der Waals surface area contributed by atoms with Gasteiger partial charge in [0.25, 0.3) is 0 Å². The lowest BCUT2D eigenvalue weighted by atomic mass is 10.2. The minimum atomic E-state index is 0.189. The first kappa shape index (κ1) is 10.7. The highest BCUT2D eigenvalue weighted by Crippen LogP contribution is 2.00. The third-order valence-electron chi connectivity index (χ3n) is 1.32. The van der Waals surface area contributed by atoms with Crippen LogP contribution in [0.2, 0.25) is 0 Å². The number of hydrogen-bond acceptors (Lipinski definition) is 1. The van der Waals surface area contributed by atoms with E-state index in [2.05, 4.69) is 40.7 Å². The Bertz CT molecular complexity index is 157. The molecular weight excluding hydrogens is 202 g/mol. The molecule has 0 aromatic rings. The van der Waals surface area contributed by atoms with Crippen LogP contribution < -0.4 is 5.32 Å². The van der Waals surface area contributed by atoms with Gasteiger partial charge in [-0.05, 0) is 6.42 Å². The second-order valence-corrected chi connectivity index (χ2v) is 3.53. The molecule has 0 aliphatic rings. The molecule has 0 saturated carbocycles. The lowest BCUT2D eigenvalue weighted by Gasteiger charge is -2.10. The van der Waals surface area contributed by atoms with Crippen LogP contribution in [0.15, 0.2) is 11.1 Å². The molecule has 0 spiro atoms. The molecule has 0 aliphatic heterocycles. The number of nitrogens with one attached hydrogen (secondary N) is 1. The maximum absolute atomic E-state index is 5.29. The Kier molecular flexibility index (Phi) is 6.30. The maximum Gasteiger partial charge on any atom is 0.0689 e. The van der Waals surface area contributed by atoms with Gasteiger partial charge >= 0.3 is 0 Å². The molecule has 0 heterocycles. The average Bonchev–Trinajstić information content (AvgIpc) is 1.97. The number of terminal acetylenes is 1. The molecule has 0 aromatic carbocycles. The van der Waals surface area contributed by atoms with Crippen LogP contribution in [0, 0.1) is 12.3 Å². The standard InChI is InChI=1S/C9H14BrN/c1-4-6-9(5-2)11-7-8(3)10/h2,9,11H,3-4,6-7H2,1H3. The summed E-state index contributed by atoms with van der Waals surface area (Å²) in [6.07, 6.45) is 7.42. The van der Waals surface area contributed by atoms with Crippen molar-refractivity contribution < 1.29 is 0 Å². The van der Waals surface area contributed by atoms with E-state index in [1.54, 1.807) is 0 Å². The average molecular weight is 216 g/mol. The van der Waals surface area contributed by atoms with E-state index >= 15 is 0 Å². The highest BCUT2D eigenvalue weighted by atomic mass is 79.9. The van der Waals surface area contributed by atoms with Crippen molar-refractivity contribution in [3.63, 3.8) is 0 Å². The van der Waals surface area contributed by atoms with Crippen molar-refractivity contribution in [3.8, 4) is 12.3 Å². The molecule has 0 aromatic heterocycles. The van der Waals surface area contributed by atoms with Gasteiger partial charge in [-0.2, -0.15) is 0 Å². The first-order valence-corrected chi connectivity index (χ1v) is 4.52. The van der Waals surface area contributed by atoms with E-state index in [0.717, 1.165) is 23.9 Å². The monoisotopic (exact) mass is 215 g/mol. The smallest absolute Gasteiger partial charge is 0.0689 e. The summed E-state index contributed by atoms with van der Waals surface area (Å²) in [6, 6.07) is 0.189. The Morgan fingerprint density at radius 3 is 2.82 bits per heavy atom. The summed E-state index contributed by atoms with van der Waals surface area (Å²) in [4.78, 5) is 0. The summed E-state index contributed by atoms with van der Waals surface area (Å²) < 4.78 is 0.939. The molecule has 1 nitrogen and oxygen atoms in total. The van der Waals surface area contributed by atoms with Crippen molar-refractivity contribution in [1.29, 1.82) is 0 Å². The van der Waals surface area contributed by atoms with E-state index in [4.69, 9.17) is 6.42 Å². The van der Waals surface area contributed by atoms with Gasteiger partial charge in [0, 0.05) is 11.0 Å². The van der Waals surface area contributed by atoms with E-state index in [9.17, 15) is 0 Å². The quantitative estimate of drug-likeness (QED) is 0.695. The van der Waals surface area contributed by atoms with Crippen LogP contribution in [0.4, 0.5) is 0 Å². The summed E-state index contributed by atoms with van der Waals surface area (Å²) in [5.74, 6) is 2.69. The first-order chi connectivity index (χ1) is 5.20. The number of rotatable bonds is 5. The fraction of sp³-hybridized carbons (Fsp3) is 0.556. The molecular formula is C9H14BrN. The minimum Gasteiger partial charge on any atom is -0.299 e. The van der Waals surface area contributed by atoms with Crippen LogP contribution in [-0.2, 0) is 0 Å². The number of halogens is 1. The lowest BCUT2D eigenvalue weighted by Crippen LogP contribution is -2.28. The van der Waals surface area contributed by atoms with Gasteiger partial charge in [-0.15, -0.1) is 6.42 Å². The molecule has 0 fully saturated rings. The summed E-state index contributed by atoms with van der Waals surface area (Å²) in [5, 5.41) is 3.19.